The van der Waals surface area contributed by atoms with Gasteiger partial charge in [-0.3, -0.25) is 14.6 Å². The van der Waals surface area contributed by atoms with Crippen LogP contribution >= 0.6 is 0 Å². The van der Waals surface area contributed by atoms with Gasteiger partial charge in [0.2, 0.25) is 11.8 Å². The number of aromatic nitrogens is 1. The quantitative estimate of drug-likeness (QED) is 0.900. The smallest absolute Gasteiger partial charge is 0.245 e. The second-order valence-electron chi connectivity index (χ2n) is 5.71. The summed E-state index contributed by atoms with van der Waals surface area (Å²) in [4.78, 5) is 30.1. The average molecular weight is 275 g/mol. The van der Waals surface area contributed by atoms with Crippen LogP contribution in [0.4, 0.5) is 0 Å². The lowest BCUT2D eigenvalue weighted by molar-refractivity contribution is -0.145. The Bertz CT molecular complexity index is 514. The van der Waals surface area contributed by atoms with Crippen molar-refractivity contribution < 1.29 is 9.59 Å². The highest BCUT2D eigenvalue weighted by Crippen LogP contribution is 2.14. The van der Waals surface area contributed by atoms with Crippen LogP contribution in [-0.2, 0) is 16.1 Å². The SMILES string of the molecule is Cc1cccc(CN2CC(=O)NC(CC(C)C)C2=O)n1. The molecule has 1 unspecified atom stereocenters. The molecule has 1 atom stereocenters. The van der Waals surface area contributed by atoms with E-state index in [0.717, 1.165) is 11.4 Å². The third-order valence-corrected chi connectivity index (χ3v) is 3.29. The van der Waals surface area contributed by atoms with E-state index >= 15 is 0 Å². The van der Waals surface area contributed by atoms with Crippen molar-refractivity contribution >= 4 is 11.8 Å². The molecular formula is C15H21N3O2. The number of hydrogen-bond acceptors (Lipinski definition) is 3. The number of hydrogen-bond donors (Lipinski definition) is 1. The van der Waals surface area contributed by atoms with Crippen molar-refractivity contribution in [3.8, 4) is 0 Å². The van der Waals surface area contributed by atoms with E-state index < -0.39 is 6.04 Å². The molecule has 1 aliphatic heterocycles. The fourth-order valence-electron chi connectivity index (χ4n) is 2.42. The summed E-state index contributed by atoms with van der Waals surface area (Å²) in [5.74, 6) is 0.255. The molecule has 1 aromatic rings. The maximum atomic E-state index is 12.4. The molecule has 2 rings (SSSR count). The van der Waals surface area contributed by atoms with E-state index in [9.17, 15) is 9.59 Å². The van der Waals surface area contributed by atoms with Crippen LogP contribution < -0.4 is 5.32 Å². The minimum absolute atomic E-state index is 0.0124. The van der Waals surface area contributed by atoms with Crippen molar-refractivity contribution in [1.29, 1.82) is 0 Å². The number of carbonyl (C=O) groups excluding carboxylic acids is 2. The van der Waals surface area contributed by atoms with Gasteiger partial charge in [0.05, 0.1) is 12.2 Å². The first-order valence-electron chi connectivity index (χ1n) is 6.96. The number of pyridine rings is 1. The van der Waals surface area contributed by atoms with Gasteiger partial charge in [-0.2, -0.15) is 0 Å². The summed E-state index contributed by atoms with van der Waals surface area (Å²) in [6.45, 7) is 6.50. The molecule has 1 aliphatic rings. The first-order chi connectivity index (χ1) is 9.45. The molecule has 0 bridgehead atoms. The van der Waals surface area contributed by atoms with Gasteiger partial charge < -0.3 is 10.2 Å². The van der Waals surface area contributed by atoms with E-state index in [0.29, 0.717) is 18.9 Å². The number of nitrogens with one attached hydrogen (secondary N) is 1. The highest BCUT2D eigenvalue weighted by molar-refractivity contribution is 5.94. The van der Waals surface area contributed by atoms with Crippen LogP contribution in [0.25, 0.3) is 0 Å². The summed E-state index contributed by atoms with van der Waals surface area (Å²) in [5, 5.41) is 2.77. The summed E-state index contributed by atoms with van der Waals surface area (Å²) in [6, 6.07) is 5.30. The molecule has 5 heteroatoms. The normalized spacial score (nSPS) is 19.4. The molecule has 20 heavy (non-hydrogen) atoms. The average Bonchev–Trinajstić information content (AvgIpc) is 2.34. The van der Waals surface area contributed by atoms with Crippen molar-refractivity contribution in [2.45, 2.75) is 39.8 Å². The minimum Gasteiger partial charge on any atom is -0.343 e. The van der Waals surface area contributed by atoms with E-state index in [-0.39, 0.29) is 18.4 Å². The maximum Gasteiger partial charge on any atom is 0.245 e. The van der Waals surface area contributed by atoms with Crippen LogP contribution in [-0.4, -0.2) is 34.3 Å². The predicted octanol–water partition coefficient (Wildman–Crippen LogP) is 1.26. The van der Waals surface area contributed by atoms with Gasteiger partial charge in [0.15, 0.2) is 0 Å². The molecule has 1 fully saturated rings. The molecule has 1 aromatic heterocycles. The van der Waals surface area contributed by atoms with Gasteiger partial charge in [0, 0.05) is 5.69 Å². The Balaban J connectivity index is 2.10. The van der Waals surface area contributed by atoms with Crippen LogP contribution in [0.2, 0.25) is 0 Å². The third-order valence-electron chi connectivity index (χ3n) is 3.29. The molecule has 0 aromatic carbocycles. The highest BCUT2D eigenvalue weighted by atomic mass is 16.2. The zero-order chi connectivity index (χ0) is 14.7. The van der Waals surface area contributed by atoms with E-state index in [2.05, 4.69) is 10.3 Å². The molecule has 1 saturated heterocycles. The van der Waals surface area contributed by atoms with Gasteiger partial charge in [-0.1, -0.05) is 19.9 Å². The van der Waals surface area contributed by atoms with E-state index in [4.69, 9.17) is 0 Å². The summed E-state index contributed by atoms with van der Waals surface area (Å²) >= 11 is 0. The third kappa shape index (κ3) is 3.56. The fourth-order valence-corrected chi connectivity index (χ4v) is 2.42. The van der Waals surface area contributed by atoms with Crippen LogP contribution in [0.1, 0.15) is 31.7 Å². The molecule has 5 nitrogen and oxygen atoms in total. The van der Waals surface area contributed by atoms with Crippen molar-refractivity contribution in [3.05, 3.63) is 29.6 Å². The topological polar surface area (TPSA) is 62.3 Å². The second-order valence-corrected chi connectivity index (χ2v) is 5.71. The fraction of sp³-hybridized carbons (Fsp3) is 0.533. The molecule has 2 amide bonds. The summed E-state index contributed by atoms with van der Waals surface area (Å²) in [5.41, 5.74) is 1.73. The molecular weight excluding hydrogens is 254 g/mol. The first-order valence-corrected chi connectivity index (χ1v) is 6.96. The van der Waals surface area contributed by atoms with E-state index in [1.54, 1.807) is 4.90 Å². The first kappa shape index (κ1) is 14.5. The predicted molar refractivity (Wildman–Crippen MR) is 75.8 cm³/mol. The number of aryl methyl sites for hydroxylation is 1. The summed E-state index contributed by atoms with van der Waals surface area (Å²) < 4.78 is 0. The summed E-state index contributed by atoms with van der Waals surface area (Å²) in [7, 11) is 0. The zero-order valence-corrected chi connectivity index (χ0v) is 12.2. The van der Waals surface area contributed by atoms with E-state index in [1.165, 1.54) is 0 Å². The molecule has 0 aliphatic carbocycles. The van der Waals surface area contributed by atoms with Crippen molar-refractivity contribution in [2.24, 2.45) is 5.92 Å². The van der Waals surface area contributed by atoms with Gasteiger partial charge in [-0.25, -0.2) is 0 Å². The minimum atomic E-state index is -0.402. The molecule has 1 N–H and O–H groups in total. The van der Waals surface area contributed by atoms with Gasteiger partial charge >= 0.3 is 0 Å². The number of amides is 2. The lowest BCUT2D eigenvalue weighted by Crippen LogP contribution is -2.57. The largest absolute Gasteiger partial charge is 0.343 e. The maximum absolute atomic E-state index is 12.4. The van der Waals surface area contributed by atoms with Gasteiger partial charge in [0.25, 0.3) is 0 Å². The van der Waals surface area contributed by atoms with Crippen LogP contribution in [0.3, 0.4) is 0 Å². The summed E-state index contributed by atoms with van der Waals surface area (Å²) in [6.07, 6.45) is 0.669. The standard InChI is InChI=1S/C15H21N3O2/c1-10(2)7-13-15(20)18(9-14(19)17-13)8-12-6-4-5-11(3)16-12/h4-6,10,13H,7-9H2,1-3H3,(H,17,19). The molecule has 0 radical (unpaired) electrons. The Kier molecular flexibility index (Phi) is 4.37. The Morgan fingerprint density at radius 3 is 2.80 bits per heavy atom. The number of rotatable bonds is 4. The molecule has 0 spiro atoms. The highest BCUT2D eigenvalue weighted by Gasteiger charge is 2.32. The second kappa shape index (κ2) is 6.03. The van der Waals surface area contributed by atoms with Crippen LogP contribution in [0.15, 0.2) is 18.2 Å². The van der Waals surface area contributed by atoms with Crippen LogP contribution in [0, 0.1) is 12.8 Å². The number of carbonyl (C=O) groups is 2. The van der Waals surface area contributed by atoms with E-state index in [1.807, 2.05) is 39.0 Å². The molecule has 2 heterocycles. The van der Waals surface area contributed by atoms with Gasteiger partial charge in [0.1, 0.15) is 12.6 Å². The monoisotopic (exact) mass is 275 g/mol. The van der Waals surface area contributed by atoms with Gasteiger partial charge in [-0.05, 0) is 31.4 Å². The Morgan fingerprint density at radius 2 is 2.15 bits per heavy atom. The van der Waals surface area contributed by atoms with Crippen molar-refractivity contribution in [2.75, 3.05) is 6.54 Å². The lowest BCUT2D eigenvalue weighted by atomic mass is 10.0. The number of piperazine rings is 1. The molecule has 108 valence electrons. The van der Waals surface area contributed by atoms with Crippen molar-refractivity contribution in [3.63, 3.8) is 0 Å². The zero-order valence-electron chi connectivity index (χ0n) is 12.2. The Hall–Kier alpha value is -1.91. The van der Waals surface area contributed by atoms with Crippen LogP contribution in [0.5, 0.6) is 0 Å². The Morgan fingerprint density at radius 1 is 1.40 bits per heavy atom. The Labute approximate surface area is 119 Å². The van der Waals surface area contributed by atoms with Gasteiger partial charge in [-0.15, -0.1) is 0 Å². The molecule has 0 saturated carbocycles. The number of nitrogens with zero attached hydrogens (tertiary/aromatic N) is 2. The van der Waals surface area contributed by atoms with Crippen molar-refractivity contribution in [1.82, 2.24) is 15.2 Å². The lowest BCUT2D eigenvalue weighted by Gasteiger charge is -2.33.